The molecule has 1 amide bonds. The zero-order valence-corrected chi connectivity index (χ0v) is 18.9. The van der Waals surface area contributed by atoms with Gasteiger partial charge in [-0.25, -0.2) is 4.79 Å². The number of hydrogen-bond donors (Lipinski definition) is 1. The number of nitrogens with zero attached hydrogens (tertiary/aromatic N) is 4. The summed E-state index contributed by atoms with van der Waals surface area (Å²) in [5.41, 5.74) is 0.0618. The number of carbonyl (C=O) groups excluding carboxylic acids is 1. The number of ether oxygens (including phenoxy) is 1. The second-order valence-corrected chi connectivity index (χ2v) is 8.73. The van der Waals surface area contributed by atoms with Crippen LogP contribution in [0.1, 0.15) is 17.0 Å². The van der Waals surface area contributed by atoms with E-state index in [9.17, 15) is 20.6 Å². The number of amides is 1. The van der Waals surface area contributed by atoms with E-state index >= 15 is 0 Å². The van der Waals surface area contributed by atoms with Crippen molar-refractivity contribution in [1.29, 1.82) is 21.2 Å². The first kappa shape index (κ1) is 23.1. The summed E-state index contributed by atoms with van der Waals surface area (Å²) in [7, 11) is 0. The third-order valence-corrected chi connectivity index (χ3v) is 6.73. The fraction of sp³-hybridized carbons (Fsp3) is 0.269. The predicted octanol–water partition coefficient (Wildman–Crippen LogP) is 4.83. The molecule has 0 bridgehead atoms. The van der Waals surface area contributed by atoms with Crippen LogP contribution in [-0.4, -0.2) is 29.8 Å². The molecule has 2 aromatic carbocycles. The maximum absolute atomic E-state index is 12.9. The molecule has 1 unspecified atom stereocenters. The van der Waals surface area contributed by atoms with Gasteiger partial charge in [-0.3, -0.25) is 0 Å². The van der Waals surface area contributed by atoms with Crippen molar-refractivity contribution < 1.29 is 9.53 Å². The van der Waals surface area contributed by atoms with Crippen molar-refractivity contribution in [2.24, 2.45) is 17.3 Å². The first-order valence-corrected chi connectivity index (χ1v) is 11.0. The van der Waals surface area contributed by atoms with Crippen LogP contribution < -0.4 is 0 Å². The molecule has 1 aliphatic heterocycles. The highest BCUT2D eigenvalue weighted by Crippen LogP contribution is 2.53. The SMILES string of the molecule is N#CC1C(=N)C(C#N)(C#N)[C@H](c2ccc(Cl)cc2)[C@H]2CN(C(=O)OCc3ccccc3)CC=C12. The smallest absolute Gasteiger partial charge is 0.410 e. The molecule has 1 heterocycles. The highest BCUT2D eigenvalue weighted by atomic mass is 35.5. The van der Waals surface area contributed by atoms with Crippen LogP contribution in [-0.2, 0) is 11.3 Å². The van der Waals surface area contributed by atoms with Crippen molar-refractivity contribution in [3.63, 3.8) is 0 Å². The van der Waals surface area contributed by atoms with Crippen LogP contribution in [0.2, 0.25) is 5.02 Å². The minimum Gasteiger partial charge on any atom is -0.445 e. The number of benzene rings is 2. The Hall–Kier alpha value is -4.12. The monoisotopic (exact) mass is 469 g/mol. The molecule has 0 spiro atoms. The summed E-state index contributed by atoms with van der Waals surface area (Å²) in [5.74, 6) is -2.28. The Balaban J connectivity index is 1.70. The van der Waals surface area contributed by atoms with E-state index in [1.807, 2.05) is 42.5 Å². The average molecular weight is 470 g/mol. The Morgan fingerprint density at radius 1 is 1.12 bits per heavy atom. The van der Waals surface area contributed by atoms with Gasteiger partial charge in [0.25, 0.3) is 0 Å². The second kappa shape index (κ2) is 9.40. The maximum Gasteiger partial charge on any atom is 0.410 e. The molecule has 0 radical (unpaired) electrons. The molecule has 2 aromatic rings. The van der Waals surface area contributed by atoms with Crippen LogP contribution in [0.4, 0.5) is 4.79 Å². The van der Waals surface area contributed by atoms with Crippen molar-refractivity contribution in [3.05, 3.63) is 82.4 Å². The van der Waals surface area contributed by atoms with E-state index in [0.29, 0.717) is 16.2 Å². The quantitative estimate of drug-likeness (QED) is 0.644. The summed E-state index contributed by atoms with van der Waals surface area (Å²) in [4.78, 5) is 14.4. The van der Waals surface area contributed by atoms with E-state index in [2.05, 4.69) is 6.07 Å². The number of hydrogen-bond acceptors (Lipinski definition) is 6. The zero-order chi connectivity index (χ0) is 24.3. The number of nitriles is 3. The van der Waals surface area contributed by atoms with Crippen molar-refractivity contribution in [1.82, 2.24) is 4.90 Å². The second-order valence-electron chi connectivity index (χ2n) is 8.29. The fourth-order valence-corrected chi connectivity index (χ4v) is 4.94. The van der Waals surface area contributed by atoms with Gasteiger partial charge in [0.05, 0.1) is 23.9 Å². The lowest BCUT2D eigenvalue weighted by molar-refractivity contribution is 0.0892. The summed E-state index contributed by atoms with van der Waals surface area (Å²) in [6, 6.07) is 22.2. The highest BCUT2D eigenvalue weighted by molar-refractivity contribution is 6.30. The Kier molecular flexibility index (Phi) is 6.37. The molecule has 168 valence electrons. The Bertz CT molecular complexity index is 1250. The molecule has 2 aliphatic rings. The molecule has 8 heteroatoms. The first-order valence-electron chi connectivity index (χ1n) is 10.7. The van der Waals surface area contributed by atoms with Crippen LogP contribution in [0, 0.1) is 56.7 Å². The summed E-state index contributed by atoms with van der Waals surface area (Å²) < 4.78 is 5.49. The Morgan fingerprint density at radius 3 is 2.41 bits per heavy atom. The van der Waals surface area contributed by atoms with E-state index in [1.165, 1.54) is 4.90 Å². The average Bonchev–Trinajstić information content (AvgIpc) is 2.88. The third kappa shape index (κ3) is 3.90. The van der Waals surface area contributed by atoms with Gasteiger partial charge in [-0.2, -0.15) is 15.8 Å². The molecule has 0 aromatic heterocycles. The Morgan fingerprint density at radius 2 is 1.79 bits per heavy atom. The topological polar surface area (TPSA) is 125 Å². The van der Waals surface area contributed by atoms with Gasteiger partial charge in [-0.15, -0.1) is 0 Å². The van der Waals surface area contributed by atoms with E-state index in [1.54, 1.807) is 30.3 Å². The number of nitrogens with one attached hydrogen (secondary N) is 1. The molecule has 1 aliphatic carbocycles. The summed E-state index contributed by atoms with van der Waals surface area (Å²) in [6.07, 6.45) is 1.23. The molecule has 0 saturated heterocycles. The molecular weight excluding hydrogens is 450 g/mol. The van der Waals surface area contributed by atoms with Crippen LogP contribution in [0.5, 0.6) is 0 Å². The summed E-state index contributed by atoms with van der Waals surface area (Å²) >= 11 is 6.05. The van der Waals surface area contributed by atoms with Gasteiger partial charge in [0, 0.05) is 29.9 Å². The fourth-order valence-electron chi connectivity index (χ4n) is 4.81. The third-order valence-electron chi connectivity index (χ3n) is 6.48. The molecule has 34 heavy (non-hydrogen) atoms. The molecular formula is C26H20ClN5O2. The summed E-state index contributed by atoms with van der Waals surface area (Å²) in [6.45, 7) is 0.484. The van der Waals surface area contributed by atoms with E-state index in [-0.39, 0.29) is 25.4 Å². The van der Waals surface area contributed by atoms with Crippen molar-refractivity contribution >= 4 is 23.4 Å². The molecule has 7 nitrogen and oxygen atoms in total. The van der Waals surface area contributed by atoms with Crippen molar-refractivity contribution in [3.8, 4) is 18.2 Å². The van der Waals surface area contributed by atoms with E-state index < -0.39 is 29.3 Å². The van der Waals surface area contributed by atoms with E-state index in [4.69, 9.17) is 21.7 Å². The van der Waals surface area contributed by atoms with Crippen LogP contribution in [0.25, 0.3) is 0 Å². The largest absolute Gasteiger partial charge is 0.445 e. The number of halogens is 1. The lowest BCUT2D eigenvalue weighted by atomic mass is 9.54. The van der Waals surface area contributed by atoms with Gasteiger partial charge in [0.15, 0.2) is 5.41 Å². The van der Waals surface area contributed by atoms with Crippen LogP contribution in [0.15, 0.2) is 66.2 Å². The molecule has 1 saturated carbocycles. The minimum absolute atomic E-state index is 0.115. The summed E-state index contributed by atoms with van der Waals surface area (Å²) in [5, 5.41) is 39.2. The van der Waals surface area contributed by atoms with Gasteiger partial charge < -0.3 is 15.0 Å². The molecule has 4 rings (SSSR count). The van der Waals surface area contributed by atoms with Crippen molar-refractivity contribution in [2.75, 3.05) is 13.1 Å². The molecule has 1 N–H and O–H groups in total. The Labute approximate surface area is 202 Å². The van der Waals surface area contributed by atoms with Crippen molar-refractivity contribution in [2.45, 2.75) is 12.5 Å². The van der Waals surface area contributed by atoms with Gasteiger partial charge in [0.1, 0.15) is 12.5 Å². The number of carbonyl (C=O) groups is 1. The lowest BCUT2D eigenvalue weighted by Gasteiger charge is -2.47. The lowest BCUT2D eigenvalue weighted by Crippen LogP contribution is -2.53. The van der Waals surface area contributed by atoms with Gasteiger partial charge in [0.2, 0.25) is 0 Å². The number of fused-ring (bicyclic) bond motifs is 1. The van der Waals surface area contributed by atoms with Gasteiger partial charge in [-0.05, 0) is 28.8 Å². The predicted molar refractivity (Wildman–Crippen MR) is 124 cm³/mol. The maximum atomic E-state index is 12.9. The molecule has 1 fully saturated rings. The standard InChI is InChI=1S/C26H20ClN5O2/c27-19-8-6-18(7-9-19)23-22-13-32(25(33)34-14-17-4-2-1-3-5-17)11-10-20(22)21(12-28)24(31)26(23,15-29)16-30/h1-10,21-23,31H,11,13-14H2/t21?,22-,23+/m0/s1. The normalized spacial score (nSPS) is 22.9. The highest BCUT2D eigenvalue weighted by Gasteiger charge is 2.58. The van der Waals surface area contributed by atoms with E-state index in [0.717, 1.165) is 5.56 Å². The van der Waals surface area contributed by atoms with Gasteiger partial charge >= 0.3 is 6.09 Å². The number of rotatable bonds is 3. The van der Waals surface area contributed by atoms with Crippen LogP contribution >= 0.6 is 11.6 Å². The van der Waals surface area contributed by atoms with Gasteiger partial charge in [-0.1, -0.05) is 60.1 Å². The zero-order valence-electron chi connectivity index (χ0n) is 18.1. The first-order chi connectivity index (χ1) is 16.4. The minimum atomic E-state index is -1.85. The molecule has 3 atom stereocenters. The van der Waals surface area contributed by atoms with Crippen LogP contribution in [0.3, 0.4) is 0 Å².